The van der Waals surface area contributed by atoms with Crippen molar-refractivity contribution < 1.29 is 0 Å². The van der Waals surface area contributed by atoms with Gasteiger partial charge in [0.15, 0.2) is 0 Å². The molecule has 0 aromatic heterocycles. The Morgan fingerprint density at radius 2 is 1.43 bits per heavy atom. The lowest BCUT2D eigenvalue weighted by atomic mass is 10.1. The Kier molecular flexibility index (Phi) is 9.41. The first-order valence-electron chi connectivity index (χ1n) is 5.96. The molecular formula is C12H26S2. The van der Waals surface area contributed by atoms with Gasteiger partial charge in [-0.1, -0.05) is 46.5 Å². The molecule has 0 heterocycles. The van der Waals surface area contributed by atoms with Crippen LogP contribution in [0.5, 0.6) is 0 Å². The fourth-order valence-corrected chi connectivity index (χ4v) is 4.51. The predicted molar refractivity (Wildman–Crippen MR) is 73.4 cm³/mol. The molecule has 0 saturated carbocycles. The Hall–Kier alpha value is 0.700. The summed E-state index contributed by atoms with van der Waals surface area (Å²) in [5.74, 6) is 2.49. The molecule has 0 saturated heterocycles. The summed E-state index contributed by atoms with van der Waals surface area (Å²) < 4.78 is 0.483. The third-order valence-corrected chi connectivity index (χ3v) is 5.30. The molecule has 0 atom stereocenters. The molecule has 0 aliphatic rings. The molecule has 0 aliphatic heterocycles. The predicted octanol–water partition coefficient (Wildman–Crippen LogP) is 5.18. The van der Waals surface area contributed by atoms with Crippen LogP contribution in [0.25, 0.3) is 0 Å². The largest absolute Gasteiger partial charge is 0.145 e. The summed E-state index contributed by atoms with van der Waals surface area (Å²) in [4.78, 5) is 0. The smallest absolute Gasteiger partial charge is 0.0582 e. The van der Waals surface area contributed by atoms with Crippen LogP contribution in [0.3, 0.4) is 0 Å². The Morgan fingerprint density at radius 3 is 1.86 bits per heavy atom. The first-order valence-corrected chi connectivity index (χ1v) is 7.93. The third kappa shape index (κ3) is 7.05. The molecule has 0 radical (unpaired) electrons. The maximum absolute atomic E-state index is 2.42. The van der Waals surface area contributed by atoms with Gasteiger partial charge in [0.1, 0.15) is 0 Å². The van der Waals surface area contributed by atoms with Crippen LogP contribution in [-0.2, 0) is 0 Å². The van der Waals surface area contributed by atoms with Crippen molar-refractivity contribution in [3.05, 3.63) is 0 Å². The topological polar surface area (TPSA) is 0 Å². The summed E-state index contributed by atoms with van der Waals surface area (Å²) in [6.07, 6.45) is 6.96. The monoisotopic (exact) mass is 234 g/mol. The van der Waals surface area contributed by atoms with Gasteiger partial charge in [0.2, 0.25) is 0 Å². The number of hydrogen-bond acceptors (Lipinski definition) is 2. The molecule has 0 N–H and O–H groups in total. The van der Waals surface area contributed by atoms with Gasteiger partial charge in [-0.25, -0.2) is 0 Å². The Bertz CT molecular complexity index is 117. The van der Waals surface area contributed by atoms with Crippen molar-refractivity contribution in [3.8, 4) is 0 Å². The van der Waals surface area contributed by atoms with Crippen molar-refractivity contribution in [1.29, 1.82) is 0 Å². The van der Waals surface area contributed by atoms with Gasteiger partial charge < -0.3 is 0 Å². The number of unbranched alkanes of at least 4 members (excludes halogenated alkanes) is 3. The van der Waals surface area contributed by atoms with Crippen molar-refractivity contribution in [1.82, 2.24) is 0 Å². The van der Waals surface area contributed by atoms with E-state index in [2.05, 4.69) is 51.2 Å². The van der Waals surface area contributed by atoms with Crippen LogP contribution in [-0.4, -0.2) is 15.6 Å². The van der Waals surface area contributed by atoms with Crippen molar-refractivity contribution in [3.63, 3.8) is 0 Å². The maximum atomic E-state index is 2.42. The van der Waals surface area contributed by atoms with Crippen LogP contribution in [0.15, 0.2) is 0 Å². The van der Waals surface area contributed by atoms with Crippen LogP contribution in [0.1, 0.15) is 59.8 Å². The lowest BCUT2D eigenvalue weighted by Gasteiger charge is -2.27. The van der Waals surface area contributed by atoms with E-state index in [1.807, 2.05) is 0 Å². The van der Waals surface area contributed by atoms with E-state index in [0.29, 0.717) is 4.08 Å². The molecular weight excluding hydrogens is 208 g/mol. The quantitative estimate of drug-likeness (QED) is 0.398. The van der Waals surface area contributed by atoms with E-state index >= 15 is 0 Å². The summed E-state index contributed by atoms with van der Waals surface area (Å²) in [6, 6.07) is 0. The average molecular weight is 234 g/mol. The highest BCUT2D eigenvalue weighted by Gasteiger charge is 2.22. The minimum Gasteiger partial charge on any atom is -0.145 e. The van der Waals surface area contributed by atoms with Crippen molar-refractivity contribution in [2.45, 2.75) is 63.9 Å². The number of rotatable bonds is 9. The zero-order valence-electron chi connectivity index (χ0n) is 10.3. The van der Waals surface area contributed by atoms with Gasteiger partial charge in [0.25, 0.3) is 0 Å². The second-order valence-electron chi connectivity index (χ2n) is 3.81. The molecule has 0 amide bonds. The fourth-order valence-electron chi connectivity index (χ4n) is 1.67. The number of thioether (sulfide) groups is 2. The molecule has 0 spiro atoms. The molecule has 0 aromatic rings. The summed E-state index contributed by atoms with van der Waals surface area (Å²) in [6.45, 7) is 9.23. The average Bonchev–Trinajstić information content (AvgIpc) is 2.13. The molecule has 0 aliphatic carbocycles. The van der Waals surface area contributed by atoms with Crippen LogP contribution in [0.4, 0.5) is 0 Å². The molecule has 0 rings (SSSR count). The second kappa shape index (κ2) is 8.96. The first kappa shape index (κ1) is 14.7. The van der Waals surface area contributed by atoms with Crippen molar-refractivity contribution >= 4 is 23.5 Å². The summed E-state index contributed by atoms with van der Waals surface area (Å²) in [5, 5.41) is 0. The molecule has 86 valence electrons. The first-order chi connectivity index (χ1) is 6.68. The molecule has 0 aromatic carbocycles. The van der Waals surface area contributed by atoms with E-state index in [9.17, 15) is 0 Å². The van der Waals surface area contributed by atoms with Crippen LogP contribution in [0.2, 0.25) is 0 Å². The molecule has 0 nitrogen and oxygen atoms in total. The van der Waals surface area contributed by atoms with Crippen LogP contribution >= 0.6 is 23.5 Å². The van der Waals surface area contributed by atoms with Gasteiger partial charge in [0.05, 0.1) is 4.08 Å². The zero-order chi connectivity index (χ0) is 10.9. The fraction of sp³-hybridized carbons (Fsp3) is 1.00. The minimum atomic E-state index is 0.483. The highest BCUT2D eigenvalue weighted by atomic mass is 32.2. The maximum Gasteiger partial charge on any atom is 0.0582 e. The van der Waals surface area contributed by atoms with Crippen molar-refractivity contribution in [2.75, 3.05) is 11.5 Å². The Labute approximate surface area is 99.0 Å². The van der Waals surface area contributed by atoms with E-state index in [1.165, 1.54) is 43.6 Å². The van der Waals surface area contributed by atoms with E-state index in [1.54, 1.807) is 0 Å². The van der Waals surface area contributed by atoms with Gasteiger partial charge in [-0.2, -0.15) is 0 Å². The van der Waals surface area contributed by atoms with Crippen LogP contribution in [0, 0.1) is 0 Å². The van der Waals surface area contributed by atoms with E-state index in [4.69, 9.17) is 0 Å². The van der Waals surface area contributed by atoms with Gasteiger partial charge >= 0.3 is 0 Å². The van der Waals surface area contributed by atoms with E-state index < -0.39 is 0 Å². The third-order valence-electron chi connectivity index (χ3n) is 2.38. The second-order valence-corrected chi connectivity index (χ2v) is 7.60. The summed E-state index contributed by atoms with van der Waals surface area (Å²) in [7, 11) is 0. The van der Waals surface area contributed by atoms with Gasteiger partial charge in [-0.05, 0) is 24.9 Å². The lowest BCUT2D eigenvalue weighted by molar-refractivity contribution is 0.616. The molecule has 0 unspecified atom stereocenters. The lowest BCUT2D eigenvalue weighted by Crippen LogP contribution is -2.15. The zero-order valence-corrected chi connectivity index (χ0v) is 11.9. The summed E-state index contributed by atoms with van der Waals surface area (Å²) in [5.41, 5.74) is 0. The highest BCUT2D eigenvalue weighted by Crippen LogP contribution is 2.40. The molecule has 0 bridgehead atoms. The van der Waals surface area contributed by atoms with Gasteiger partial charge in [0, 0.05) is 0 Å². The molecule has 2 heteroatoms. The Morgan fingerprint density at radius 1 is 0.857 bits per heavy atom. The summed E-state index contributed by atoms with van der Waals surface area (Å²) >= 11 is 4.25. The van der Waals surface area contributed by atoms with Crippen LogP contribution < -0.4 is 0 Å². The van der Waals surface area contributed by atoms with E-state index in [-0.39, 0.29) is 0 Å². The van der Waals surface area contributed by atoms with Crippen molar-refractivity contribution in [2.24, 2.45) is 0 Å². The SMILES string of the molecule is CCCCCCC(C)(SCC)SCC. The van der Waals surface area contributed by atoms with Gasteiger partial charge in [-0.15, -0.1) is 23.5 Å². The Balaban J connectivity index is 3.71. The standard InChI is InChI=1S/C12H26S2/c1-5-8-9-10-11-12(4,13-6-2)14-7-3/h5-11H2,1-4H3. The minimum absolute atomic E-state index is 0.483. The highest BCUT2D eigenvalue weighted by molar-refractivity contribution is 8.18. The molecule has 0 fully saturated rings. The molecule has 14 heavy (non-hydrogen) atoms. The normalized spacial score (nSPS) is 12.0. The van der Waals surface area contributed by atoms with Gasteiger partial charge in [-0.3, -0.25) is 0 Å². The number of hydrogen-bond donors (Lipinski definition) is 0. The van der Waals surface area contributed by atoms with E-state index in [0.717, 1.165) is 0 Å².